The van der Waals surface area contributed by atoms with Gasteiger partial charge in [-0.15, -0.1) is 0 Å². The maximum absolute atomic E-state index is 12.3. The van der Waals surface area contributed by atoms with E-state index in [0.717, 1.165) is 0 Å². The molecule has 3 aromatic rings. The van der Waals surface area contributed by atoms with E-state index in [-0.39, 0.29) is 30.9 Å². The summed E-state index contributed by atoms with van der Waals surface area (Å²) in [6, 6.07) is 23.3. The summed E-state index contributed by atoms with van der Waals surface area (Å²) < 4.78 is 38.6. The van der Waals surface area contributed by atoms with E-state index in [1.165, 1.54) is 27.2 Å². The summed E-state index contributed by atoms with van der Waals surface area (Å²) in [5, 5.41) is 2.80. The van der Waals surface area contributed by atoms with Crippen molar-refractivity contribution >= 4 is 17.9 Å². The fourth-order valence-electron chi connectivity index (χ4n) is 5.81. The van der Waals surface area contributed by atoms with Gasteiger partial charge in [0, 0.05) is 19.1 Å². The van der Waals surface area contributed by atoms with Crippen LogP contribution in [-0.4, -0.2) is 122 Å². The van der Waals surface area contributed by atoms with Crippen molar-refractivity contribution in [1.29, 1.82) is 0 Å². The van der Waals surface area contributed by atoms with Gasteiger partial charge in [0.05, 0.1) is 90.3 Å². The molecule has 50 heavy (non-hydrogen) atoms. The second-order valence-electron chi connectivity index (χ2n) is 11.6. The molecular weight excluding hydrogens is 644 g/mol. The Balaban J connectivity index is 0.743. The zero-order chi connectivity index (χ0) is 34.8. The van der Waals surface area contributed by atoms with Crippen LogP contribution in [0.3, 0.4) is 0 Å². The normalized spacial score (nSPS) is 13.4. The molecule has 0 spiro atoms. The van der Waals surface area contributed by atoms with Crippen LogP contribution in [0.15, 0.2) is 72.8 Å². The van der Waals surface area contributed by atoms with Gasteiger partial charge in [0.1, 0.15) is 6.61 Å². The minimum absolute atomic E-state index is 0.0434. The fourth-order valence-corrected chi connectivity index (χ4v) is 5.81. The molecule has 3 amide bonds. The molecule has 0 unspecified atom stereocenters. The smallest absolute Gasteiger partial charge is 0.407 e. The number of imide groups is 1. The Morgan fingerprint density at radius 2 is 0.940 bits per heavy atom. The molecule has 2 aliphatic rings. The van der Waals surface area contributed by atoms with Crippen LogP contribution in [0.5, 0.6) is 0 Å². The highest BCUT2D eigenvalue weighted by molar-refractivity contribution is 6.21. The molecule has 1 aliphatic carbocycles. The van der Waals surface area contributed by atoms with Crippen LogP contribution in [0.2, 0.25) is 0 Å². The van der Waals surface area contributed by atoms with Crippen molar-refractivity contribution in [3.8, 4) is 11.1 Å². The molecule has 0 bridgehead atoms. The largest absolute Gasteiger partial charge is 0.449 e. The molecule has 5 rings (SSSR count). The Morgan fingerprint density at radius 3 is 1.42 bits per heavy atom. The minimum Gasteiger partial charge on any atom is -0.449 e. The molecule has 0 radical (unpaired) electrons. The lowest BCUT2D eigenvalue weighted by Crippen LogP contribution is -2.33. The van der Waals surface area contributed by atoms with Gasteiger partial charge in [0.15, 0.2) is 0 Å². The summed E-state index contributed by atoms with van der Waals surface area (Å²) in [5.74, 6) is -0.518. The molecular formula is C38H46N2O10. The number of rotatable bonds is 24. The van der Waals surface area contributed by atoms with Crippen LogP contribution in [-0.2, 0) is 33.2 Å². The van der Waals surface area contributed by atoms with E-state index >= 15 is 0 Å². The Morgan fingerprint density at radius 1 is 0.540 bits per heavy atom. The number of nitrogens with one attached hydrogen (secondary N) is 1. The fraction of sp³-hybridized carbons (Fsp3) is 0.447. The van der Waals surface area contributed by atoms with Crippen molar-refractivity contribution in [2.24, 2.45) is 0 Å². The summed E-state index contributed by atoms with van der Waals surface area (Å²) in [4.78, 5) is 38.1. The number of hydrogen-bond donors (Lipinski definition) is 1. The van der Waals surface area contributed by atoms with Gasteiger partial charge < -0.3 is 38.5 Å². The minimum atomic E-state index is -0.423. The molecule has 0 atom stereocenters. The first-order valence-electron chi connectivity index (χ1n) is 17.2. The molecule has 0 saturated heterocycles. The standard InChI is InChI=1S/C38H46N2O10/c41-36-33-12-5-6-13-34(33)37(42)40(36)15-17-45-19-21-47-23-25-49-27-26-48-24-22-46-20-18-44-16-7-14-39-38(43)50-28-35-31-10-3-1-8-29(31)30-9-2-4-11-32(30)35/h1-6,8-13,35H,7,14-28H2,(H,39,43). The lowest BCUT2D eigenvalue weighted by molar-refractivity contribution is -0.0172. The number of amides is 3. The van der Waals surface area contributed by atoms with Crippen molar-refractivity contribution in [3.05, 3.63) is 95.1 Å². The first-order chi connectivity index (χ1) is 24.6. The van der Waals surface area contributed by atoms with Crippen molar-refractivity contribution in [2.45, 2.75) is 12.3 Å². The summed E-state index contributed by atoms with van der Waals surface area (Å²) in [7, 11) is 0. The van der Waals surface area contributed by atoms with Crippen LogP contribution in [0.25, 0.3) is 11.1 Å². The Kier molecular flexibility index (Phi) is 15.2. The lowest BCUT2D eigenvalue weighted by Gasteiger charge is -2.14. The van der Waals surface area contributed by atoms with Crippen LogP contribution in [0, 0.1) is 0 Å². The highest BCUT2D eigenvalue weighted by Gasteiger charge is 2.34. The van der Waals surface area contributed by atoms with E-state index in [2.05, 4.69) is 29.6 Å². The van der Waals surface area contributed by atoms with Crippen LogP contribution in [0.1, 0.15) is 44.2 Å². The molecule has 268 valence electrons. The van der Waals surface area contributed by atoms with Gasteiger partial charge in [-0.3, -0.25) is 14.5 Å². The van der Waals surface area contributed by atoms with Gasteiger partial charge in [0.25, 0.3) is 11.8 Å². The quantitative estimate of drug-likeness (QED) is 0.107. The third kappa shape index (κ3) is 10.7. The second kappa shape index (κ2) is 20.5. The number of fused-ring (bicyclic) bond motifs is 4. The third-order valence-corrected chi connectivity index (χ3v) is 8.28. The molecule has 3 aromatic carbocycles. The van der Waals surface area contributed by atoms with Gasteiger partial charge in [-0.05, 0) is 40.8 Å². The van der Waals surface area contributed by atoms with Crippen molar-refractivity contribution in [1.82, 2.24) is 10.2 Å². The van der Waals surface area contributed by atoms with Gasteiger partial charge in [0.2, 0.25) is 0 Å². The molecule has 1 heterocycles. The molecule has 1 aliphatic heterocycles. The molecule has 12 heteroatoms. The van der Waals surface area contributed by atoms with E-state index in [1.54, 1.807) is 24.3 Å². The van der Waals surface area contributed by atoms with E-state index in [1.807, 2.05) is 24.3 Å². The monoisotopic (exact) mass is 690 g/mol. The lowest BCUT2D eigenvalue weighted by atomic mass is 9.98. The summed E-state index contributed by atoms with van der Waals surface area (Å²) >= 11 is 0. The molecule has 0 aromatic heterocycles. The van der Waals surface area contributed by atoms with Crippen LogP contribution < -0.4 is 5.32 Å². The van der Waals surface area contributed by atoms with Crippen molar-refractivity contribution in [2.75, 3.05) is 99.0 Å². The summed E-state index contributed by atoms with van der Waals surface area (Å²) in [6.07, 6.45) is 0.251. The highest BCUT2D eigenvalue weighted by atomic mass is 16.6. The SMILES string of the molecule is O=C(NCCCOCCOCCOCCOCCOCCOCCN1C(=O)c2ccccc2C1=O)OCC1c2ccccc2-c2ccccc21. The maximum atomic E-state index is 12.3. The van der Waals surface area contributed by atoms with E-state index in [0.29, 0.717) is 103 Å². The summed E-state index contributed by atoms with van der Waals surface area (Å²) in [6.45, 7) is 6.11. The highest BCUT2D eigenvalue weighted by Crippen LogP contribution is 2.44. The molecule has 0 saturated carbocycles. The van der Waals surface area contributed by atoms with Crippen LogP contribution in [0.4, 0.5) is 4.79 Å². The Labute approximate surface area is 292 Å². The number of hydrogen-bond acceptors (Lipinski definition) is 10. The van der Waals surface area contributed by atoms with Gasteiger partial charge in [-0.2, -0.15) is 0 Å². The number of carbonyl (C=O) groups is 3. The van der Waals surface area contributed by atoms with E-state index in [9.17, 15) is 14.4 Å². The van der Waals surface area contributed by atoms with Crippen molar-refractivity contribution in [3.63, 3.8) is 0 Å². The first kappa shape index (κ1) is 37.1. The number of carbonyl (C=O) groups excluding carboxylic acids is 3. The predicted octanol–water partition coefficient (Wildman–Crippen LogP) is 4.31. The number of benzene rings is 3. The van der Waals surface area contributed by atoms with Crippen molar-refractivity contribution < 1.29 is 47.5 Å². The molecule has 1 N–H and O–H groups in total. The zero-order valence-electron chi connectivity index (χ0n) is 28.3. The molecule has 0 fully saturated rings. The van der Waals surface area contributed by atoms with Gasteiger partial charge in [-0.1, -0.05) is 60.7 Å². The predicted molar refractivity (Wildman–Crippen MR) is 184 cm³/mol. The Hall–Kier alpha value is -4.17. The number of ether oxygens (including phenoxy) is 7. The van der Waals surface area contributed by atoms with Gasteiger partial charge in [-0.25, -0.2) is 4.79 Å². The second-order valence-corrected chi connectivity index (χ2v) is 11.6. The number of alkyl carbamates (subject to hydrolysis) is 1. The van der Waals surface area contributed by atoms with Gasteiger partial charge >= 0.3 is 6.09 Å². The summed E-state index contributed by atoms with van der Waals surface area (Å²) in [5.41, 5.74) is 5.66. The van der Waals surface area contributed by atoms with Crippen LogP contribution >= 0.6 is 0 Å². The average Bonchev–Trinajstić information content (AvgIpc) is 3.59. The average molecular weight is 691 g/mol. The maximum Gasteiger partial charge on any atom is 0.407 e. The zero-order valence-corrected chi connectivity index (χ0v) is 28.3. The molecule has 12 nitrogen and oxygen atoms in total. The van der Waals surface area contributed by atoms with E-state index in [4.69, 9.17) is 33.2 Å². The Bertz CT molecular complexity index is 1450. The number of nitrogens with zero attached hydrogens (tertiary/aromatic N) is 1. The topological polar surface area (TPSA) is 131 Å². The first-order valence-corrected chi connectivity index (χ1v) is 17.2. The third-order valence-electron chi connectivity index (χ3n) is 8.28. The van der Waals surface area contributed by atoms with E-state index < -0.39 is 6.09 Å².